The van der Waals surface area contributed by atoms with E-state index in [1.54, 1.807) is 18.3 Å². The van der Waals surface area contributed by atoms with Crippen LogP contribution in [0, 0.1) is 11.3 Å². The number of aliphatic imine (C=N–C) groups is 1. The molecular weight excluding hydrogens is 326 g/mol. The second-order valence-electron chi connectivity index (χ2n) is 6.25. The molecule has 2 aliphatic rings. The fraction of sp³-hybridized carbons (Fsp3) is 0.278. The second kappa shape index (κ2) is 5.24. The van der Waals surface area contributed by atoms with E-state index in [1.165, 1.54) is 6.20 Å². The van der Waals surface area contributed by atoms with E-state index in [9.17, 15) is 8.78 Å². The van der Waals surface area contributed by atoms with E-state index in [4.69, 9.17) is 15.7 Å². The molecular formula is C18H14F2N4O. The number of nitrogens with two attached hydrogens (primary N) is 1. The predicted octanol–water partition coefficient (Wildman–Crippen LogP) is 2.74. The SMILES string of the molecule is N#Cc1cncc(-c2ccc3c(c2)C2(CC3)N=C(N)OCC2(F)F)c1. The van der Waals surface area contributed by atoms with Crippen molar-refractivity contribution >= 4 is 6.02 Å². The number of aromatic nitrogens is 1. The lowest BCUT2D eigenvalue weighted by Crippen LogP contribution is -2.51. The van der Waals surface area contributed by atoms with Crippen LogP contribution in [0.4, 0.5) is 8.78 Å². The van der Waals surface area contributed by atoms with Crippen molar-refractivity contribution in [3.63, 3.8) is 0 Å². The monoisotopic (exact) mass is 340 g/mol. The van der Waals surface area contributed by atoms with Crippen molar-refractivity contribution in [1.29, 1.82) is 5.26 Å². The number of benzene rings is 1. The van der Waals surface area contributed by atoms with Gasteiger partial charge in [-0.25, -0.2) is 4.99 Å². The minimum Gasteiger partial charge on any atom is -0.459 e. The maximum absolute atomic E-state index is 14.7. The van der Waals surface area contributed by atoms with Gasteiger partial charge in [0.15, 0.2) is 12.1 Å². The Labute approximate surface area is 142 Å². The maximum atomic E-state index is 14.7. The Hall–Kier alpha value is -3.01. The van der Waals surface area contributed by atoms with E-state index in [2.05, 4.69) is 9.98 Å². The summed E-state index contributed by atoms with van der Waals surface area (Å²) in [5.41, 5.74) is 7.00. The molecule has 0 saturated carbocycles. The van der Waals surface area contributed by atoms with Crippen LogP contribution in [0.15, 0.2) is 41.7 Å². The third kappa shape index (κ3) is 2.25. The van der Waals surface area contributed by atoms with Crippen molar-refractivity contribution in [2.45, 2.75) is 24.3 Å². The maximum Gasteiger partial charge on any atom is 0.310 e. The molecule has 126 valence electrons. The van der Waals surface area contributed by atoms with E-state index < -0.39 is 18.1 Å². The van der Waals surface area contributed by atoms with Crippen molar-refractivity contribution in [1.82, 2.24) is 4.98 Å². The molecule has 0 amide bonds. The summed E-state index contributed by atoms with van der Waals surface area (Å²) in [6, 6.07) is 8.88. The number of aryl methyl sites for hydroxylation is 1. The third-order valence-electron chi connectivity index (χ3n) is 4.82. The molecule has 4 rings (SSSR count). The summed E-state index contributed by atoms with van der Waals surface area (Å²) in [6.07, 6.45) is 3.73. The topological polar surface area (TPSA) is 84.3 Å². The van der Waals surface area contributed by atoms with Crippen LogP contribution >= 0.6 is 0 Å². The Morgan fingerprint density at radius 2 is 2.04 bits per heavy atom. The largest absolute Gasteiger partial charge is 0.459 e. The summed E-state index contributed by atoms with van der Waals surface area (Å²) < 4.78 is 34.2. The Bertz CT molecular complexity index is 935. The number of fused-ring (bicyclic) bond motifs is 2. The zero-order chi connectivity index (χ0) is 17.7. The highest BCUT2D eigenvalue weighted by molar-refractivity contribution is 5.74. The van der Waals surface area contributed by atoms with Gasteiger partial charge in [-0.05, 0) is 41.7 Å². The van der Waals surface area contributed by atoms with E-state index in [1.807, 2.05) is 18.2 Å². The van der Waals surface area contributed by atoms with E-state index in [0.29, 0.717) is 28.7 Å². The first-order chi connectivity index (χ1) is 11.9. The molecule has 5 nitrogen and oxygen atoms in total. The van der Waals surface area contributed by atoms with Crippen LogP contribution in [-0.4, -0.2) is 23.5 Å². The number of nitriles is 1. The van der Waals surface area contributed by atoms with E-state index in [-0.39, 0.29) is 12.4 Å². The lowest BCUT2D eigenvalue weighted by atomic mass is 9.84. The van der Waals surface area contributed by atoms with Crippen LogP contribution in [0.5, 0.6) is 0 Å². The molecule has 1 aliphatic carbocycles. The van der Waals surface area contributed by atoms with E-state index >= 15 is 0 Å². The van der Waals surface area contributed by atoms with Crippen molar-refractivity contribution in [3.05, 3.63) is 53.3 Å². The molecule has 1 atom stereocenters. The summed E-state index contributed by atoms with van der Waals surface area (Å²) >= 11 is 0. The number of alkyl halides is 2. The molecule has 1 aromatic heterocycles. The average Bonchev–Trinajstić information content (AvgIpc) is 2.98. The zero-order valence-electron chi connectivity index (χ0n) is 13.2. The zero-order valence-corrected chi connectivity index (χ0v) is 13.2. The smallest absolute Gasteiger partial charge is 0.310 e. The molecule has 1 aromatic carbocycles. The normalized spacial score (nSPS) is 23.5. The predicted molar refractivity (Wildman–Crippen MR) is 86.9 cm³/mol. The van der Waals surface area contributed by atoms with Crippen molar-refractivity contribution < 1.29 is 13.5 Å². The number of hydrogen-bond donors (Lipinski definition) is 1. The lowest BCUT2D eigenvalue weighted by Gasteiger charge is -2.37. The van der Waals surface area contributed by atoms with Crippen LogP contribution in [0.25, 0.3) is 11.1 Å². The number of amidine groups is 1. The van der Waals surface area contributed by atoms with Gasteiger partial charge in [0.1, 0.15) is 6.07 Å². The molecule has 2 aromatic rings. The molecule has 0 bridgehead atoms. The second-order valence-corrected chi connectivity index (χ2v) is 6.25. The molecule has 0 radical (unpaired) electrons. The number of halogens is 2. The Balaban J connectivity index is 1.88. The summed E-state index contributed by atoms with van der Waals surface area (Å²) in [7, 11) is 0. The van der Waals surface area contributed by atoms with Crippen LogP contribution in [0.3, 0.4) is 0 Å². The van der Waals surface area contributed by atoms with Gasteiger partial charge < -0.3 is 10.5 Å². The molecule has 25 heavy (non-hydrogen) atoms. The fourth-order valence-corrected chi connectivity index (χ4v) is 3.55. The van der Waals surface area contributed by atoms with E-state index in [0.717, 1.165) is 5.56 Å². The van der Waals surface area contributed by atoms with Gasteiger partial charge in [-0.2, -0.15) is 14.0 Å². The standard InChI is InChI=1S/C18H14F2N4O/c19-18(20)10-25-16(22)24-17(18)4-3-12-1-2-13(6-15(12)17)14-5-11(7-21)8-23-9-14/h1-2,5-6,8-9H,3-4,10H2,(H2,22,24). The first-order valence-electron chi connectivity index (χ1n) is 7.80. The highest BCUT2D eigenvalue weighted by Gasteiger charge is 2.60. The lowest BCUT2D eigenvalue weighted by molar-refractivity contribution is -0.121. The number of hydrogen-bond acceptors (Lipinski definition) is 5. The first-order valence-corrected chi connectivity index (χ1v) is 7.80. The molecule has 2 heterocycles. The highest BCUT2D eigenvalue weighted by Crippen LogP contribution is 2.52. The van der Waals surface area contributed by atoms with Gasteiger partial charge in [0.05, 0.1) is 5.56 Å². The van der Waals surface area contributed by atoms with Gasteiger partial charge in [-0.3, -0.25) is 4.98 Å². The highest BCUT2D eigenvalue weighted by atomic mass is 19.3. The summed E-state index contributed by atoms with van der Waals surface area (Å²) in [6.45, 7) is -0.780. The molecule has 7 heteroatoms. The minimum absolute atomic E-state index is 0.180. The van der Waals surface area contributed by atoms with Gasteiger partial charge in [0.25, 0.3) is 6.02 Å². The first kappa shape index (κ1) is 15.5. The fourth-order valence-electron chi connectivity index (χ4n) is 3.55. The third-order valence-corrected chi connectivity index (χ3v) is 4.82. The molecule has 1 aliphatic heterocycles. The van der Waals surface area contributed by atoms with Crippen molar-refractivity contribution in [3.8, 4) is 17.2 Å². The van der Waals surface area contributed by atoms with Gasteiger partial charge >= 0.3 is 5.92 Å². The van der Waals surface area contributed by atoms with Crippen LogP contribution < -0.4 is 5.73 Å². The Kier molecular flexibility index (Phi) is 3.25. The number of nitrogens with zero attached hydrogens (tertiary/aromatic N) is 3. The van der Waals surface area contributed by atoms with Gasteiger partial charge in [0.2, 0.25) is 0 Å². The van der Waals surface area contributed by atoms with Crippen LogP contribution in [-0.2, 0) is 16.7 Å². The van der Waals surface area contributed by atoms with Crippen molar-refractivity contribution in [2.75, 3.05) is 6.61 Å². The summed E-state index contributed by atoms with van der Waals surface area (Å²) in [4.78, 5) is 8.06. The molecule has 2 N–H and O–H groups in total. The van der Waals surface area contributed by atoms with Crippen molar-refractivity contribution in [2.24, 2.45) is 10.7 Å². The van der Waals surface area contributed by atoms with Gasteiger partial charge in [-0.1, -0.05) is 12.1 Å². The average molecular weight is 340 g/mol. The molecule has 0 fully saturated rings. The van der Waals surface area contributed by atoms with Gasteiger partial charge in [-0.15, -0.1) is 0 Å². The summed E-state index contributed by atoms with van der Waals surface area (Å²) in [5, 5.41) is 9.03. The molecule has 1 spiro atoms. The Morgan fingerprint density at radius 1 is 1.20 bits per heavy atom. The van der Waals surface area contributed by atoms with Crippen LogP contribution in [0.2, 0.25) is 0 Å². The number of pyridine rings is 1. The number of ether oxygens (including phenoxy) is 1. The molecule has 1 unspecified atom stereocenters. The minimum atomic E-state index is -3.15. The molecule has 0 saturated heterocycles. The van der Waals surface area contributed by atoms with Crippen LogP contribution in [0.1, 0.15) is 23.1 Å². The summed E-state index contributed by atoms with van der Waals surface area (Å²) in [5.74, 6) is -3.15. The van der Waals surface area contributed by atoms with Gasteiger partial charge in [0, 0.05) is 18.0 Å². The Morgan fingerprint density at radius 3 is 2.84 bits per heavy atom. The quantitative estimate of drug-likeness (QED) is 0.865. The number of rotatable bonds is 1.